The molecule has 1 spiro atoms. The lowest BCUT2D eigenvalue weighted by molar-refractivity contribution is 0.466. The molecule has 1 aromatic rings. The monoisotopic (exact) mass is 237 g/mol. The van der Waals surface area contributed by atoms with Crippen molar-refractivity contribution < 1.29 is 0 Å². The number of nitrogens with zero attached hydrogens (tertiary/aromatic N) is 2. The van der Waals surface area contributed by atoms with Crippen molar-refractivity contribution in [3.63, 3.8) is 0 Å². The minimum absolute atomic E-state index is 0.343. The molecule has 1 atom stereocenters. The van der Waals surface area contributed by atoms with E-state index in [0.29, 0.717) is 10.7 Å². The van der Waals surface area contributed by atoms with E-state index >= 15 is 0 Å². The molecule has 2 aliphatic rings. The molecule has 2 aliphatic heterocycles. The molecule has 1 unspecified atom stereocenters. The average Bonchev–Trinajstić information content (AvgIpc) is 2.91. The van der Waals surface area contributed by atoms with Crippen LogP contribution in [0.15, 0.2) is 18.3 Å². The Kier molecular flexibility index (Phi) is 2.52. The quantitative estimate of drug-likeness (QED) is 0.758. The molecule has 86 valence electrons. The van der Waals surface area contributed by atoms with Crippen LogP contribution in [-0.4, -0.2) is 30.2 Å². The molecule has 0 bridgehead atoms. The van der Waals surface area contributed by atoms with Crippen LogP contribution in [0.1, 0.15) is 19.3 Å². The molecule has 16 heavy (non-hydrogen) atoms. The zero-order valence-corrected chi connectivity index (χ0v) is 10.0. The van der Waals surface area contributed by atoms with Crippen molar-refractivity contribution in [1.82, 2.24) is 10.3 Å². The van der Waals surface area contributed by atoms with E-state index in [1.54, 1.807) is 0 Å². The van der Waals surface area contributed by atoms with E-state index in [2.05, 4.69) is 21.3 Å². The van der Waals surface area contributed by atoms with Crippen molar-refractivity contribution in [2.45, 2.75) is 24.8 Å². The van der Waals surface area contributed by atoms with Gasteiger partial charge in [0.1, 0.15) is 5.15 Å². The summed E-state index contributed by atoms with van der Waals surface area (Å²) < 4.78 is 0. The largest absolute Gasteiger partial charge is 0.363 e. The van der Waals surface area contributed by atoms with Gasteiger partial charge in [0, 0.05) is 13.1 Å². The molecule has 2 fully saturated rings. The van der Waals surface area contributed by atoms with Crippen molar-refractivity contribution in [3.05, 3.63) is 23.5 Å². The molecule has 4 heteroatoms. The number of nitrogens with one attached hydrogen (secondary N) is 1. The van der Waals surface area contributed by atoms with Gasteiger partial charge in [-0.2, -0.15) is 0 Å². The summed E-state index contributed by atoms with van der Waals surface area (Å²) in [4.78, 5) is 6.69. The summed E-state index contributed by atoms with van der Waals surface area (Å²) in [5.41, 5.74) is 1.56. The number of pyridine rings is 1. The Morgan fingerprint density at radius 1 is 1.38 bits per heavy atom. The van der Waals surface area contributed by atoms with Crippen molar-refractivity contribution in [1.29, 1.82) is 0 Å². The van der Waals surface area contributed by atoms with Gasteiger partial charge >= 0.3 is 0 Å². The second-order valence-electron chi connectivity index (χ2n) is 4.75. The Bertz CT molecular complexity index is 365. The van der Waals surface area contributed by atoms with Gasteiger partial charge in [-0.25, -0.2) is 4.98 Å². The average molecular weight is 238 g/mol. The smallest absolute Gasteiger partial charge is 0.129 e. The number of aromatic nitrogens is 1. The van der Waals surface area contributed by atoms with E-state index in [0.717, 1.165) is 19.6 Å². The van der Waals surface area contributed by atoms with Gasteiger partial charge in [0.15, 0.2) is 0 Å². The van der Waals surface area contributed by atoms with E-state index in [-0.39, 0.29) is 0 Å². The summed E-state index contributed by atoms with van der Waals surface area (Å²) in [7, 11) is 0. The number of hydrogen-bond donors (Lipinski definition) is 1. The van der Waals surface area contributed by atoms with E-state index in [1.165, 1.54) is 24.9 Å². The predicted octanol–water partition coefficient (Wildman–Crippen LogP) is 2.07. The summed E-state index contributed by atoms with van der Waals surface area (Å²) in [5, 5.41) is 4.05. The molecule has 1 aromatic heterocycles. The van der Waals surface area contributed by atoms with Gasteiger partial charge in [0.2, 0.25) is 0 Å². The Labute approximate surface area is 101 Å². The number of anilines is 1. The SMILES string of the molecule is Clc1ccc(N2CCCC23CCNC3)cn1. The molecular formula is C12H16ClN3. The third-order valence-corrected chi connectivity index (χ3v) is 4.06. The highest BCUT2D eigenvalue weighted by atomic mass is 35.5. The van der Waals surface area contributed by atoms with Crippen LogP contribution in [-0.2, 0) is 0 Å². The van der Waals surface area contributed by atoms with Crippen molar-refractivity contribution in [3.8, 4) is 0 Å². The van der Waals surface area contributed by atoms with Crippen LogP contribution >= 0.6 is 11.6 Å². The molecular weight excluding hydrogens is 222 g/mol. The van der Waals surface area contributed by atoms with Crippen molar-refractivity contribution in [2.75, 3.05) is 24.5 Å². The second kappa shape index (κ2) is 3.90. The maximum absolute atomic E-state index is 5.83. The van der Waals surface area contributed by atoms with Crippen LogP contribution in [0, 0.1) is 0 Å². The molecule has 3 rings (SSSR count). The number of halogens is 1. The Hall–Kier alpha value is -0.800. The van der Waals surface area contributed by atoms with E-state index in [1.807, 2.05) is 12.3 Å². The Morgan fingerprint density at radius 3 is 3.00 bits per heavy atom. The van der Waals surface area contributed by atoms with E-state index in [4.69, 9.17) is 11.6 Å². The normalized spacial score (nSPS) is 29.2. The highest BCUT2D eigenvalue weighted by Gasteiger charge is 2.43. The topological polar surface area (TPSA) is 28.2 Å². The first-order valence-corrected chi connectivity index (χ1v) is 6.28. The molecule has 3 nitrogen and oxygen atoms in total. The summed E-state index contributed by atoms with van der Waals surface area (Å²) in [5.74, 6) is 0. The van der Waals surface area contributed by atoms with Gasteiger partial charge in [-0.1, -0.05) is 11.6 Å². The summed E-state index contributed by atoms with van der Waals surface area (Å²) in [6.45, 7) is 3.39. The maximum atomic E-state index is 5.83. The number of hydrogen-bond acceptors (Lipinski definition) is 3. The first-order valence-electron chi connectivity index (χ1n) is 5.90. The molecule has 3 heterocycles. The zero-order valence-electron chi connectivity index (χ0n) is 9.25. The third-order valence-electron chi connectivity index (χ3n) is 3.84. The maximum Gasteiger partial charge on any atom is 0.129 e. The first kappa shape index (κ1) is 10.4. The highest BCUT2D eigenvalue weighted by molar-refractivity contribution is 6.29. The lowest BCUT2D eigenvalue weighted by atomic mass is 9.95. The zero-order chi connectivity index (χ0) is 11.0. The van der Waals surface area contributed by atoms with Gasteiger partial charge in [-0.3, -0.25) is 0 Å². The first-order chi connectivity index (χ1) is 7.80. The molecule has 2 saturated heterocycles. The molecule has 0 aromatic carbocycles. The predicted molar refractivity (Wildman–Crippen MR) is 66.0 cm³/mol. The Morgan fingerprint density at radius 2 is 2.31 bits per heavy atom. The summed E-state index contributed by atoms with van der Waals surface area (Å²) >= 11 is 5.83. The van der Waals surface area contributed by atoms with E-state index in [9.17, 15) is 0 Å². The highest BCUT2D eigenvalue weighted by Crippen LogP contribution is 2.38. The molecule has 0 radical (unpaired) electrons. The Balaban J connectivity index is 1.91. The van der Waals surface area contributed by atoms with Crippen molar-refractivity contribution in [2.24, 2.45) is 0 Å². The van der Waals surface area contributed by atoms with Crippen molar-refractivity contribution >= 4 is 17.3 Å². The van der Waals surface area contributed by atoms with E-state index < -0.39 is 0 Å². The minimum atomic E-state index is 0.343. The van der Waals surface area contributed by atoms with Crippen LogP contribution in [0.4, 0.5) is 5.69 Å². The molecule has 0 saturated carbocycles. The lowest BCUT2D eigenvalue weighted by Gasteiger charge is -2.36. The third kappa shape index (κ3) is 1.59. The second-order valence-corrected chi connectivity index (χ2v) is 5.13. The minimum Gasteiger partial charge on any atom is -0.363 e. The summed E-state index contributed by atoms with van der Waals surface area (Å²) in [6, 6.07) is 3.96. The van der Waals surface area contributed by atoms with Crippen LogP contribution in [0.2, 0.25) is 5.15 Å². The van der Waals surface area contributed by atoms with Gasteiger partial charge in [0.25, 0.3) is 0 Å². The molecule has 0 aliphatic carbocycles. The fourth-order valence-corrected chi connectivity index (χ4v) is 3.16. The van der Waals surface area contributed by atoms with Gasteiger partial charge in [-0.05, 0) is 37.9 Å². The standard InChI is InChI=1S/C12H16ClN3/c13-11-3-2-10(8-15-11)16-7-1-4-12(16)5-6-14-9-12/h2-3,8,14H,1,4-7,9H2. The molecule has 0 amide bonds. The van der Waals surface area contributed by atoms with Gasteiger partial charge in [-0.15, -0.1) is 0 Å². The van der Waals surface area contributed by atoms with Crippen LogP contribution in [0.3, 0.4) is 0 Å². The van der Waals surface area contributed by atoms with Gasteiger partial charge < -0.3 is 10.2 Å². The summed E-state index contributed by atoms with van der Waals surface area (Å²) in [6.07, 6.45) is 5.72. The van der Waals surface area contributed by atoms with Crippen LogP contribution < -0.4 is 10.2 Å². The fraction of sp³-hybridized carbons (Fsp3) is 0.583. The van der Waals surface area contributed by atoms with Crippen LogP contribution in [0.25, 0.3) is 0 Å². The number of rotatable bonds is 1. The van der Waals surface area contributed by atoms with Crippen LogP contribution in [0.5, 0.6) is 0 Å². The lowest BCUT2D eigenvalue weighted by Crippen LogP contribution is -2.45. The fourth-order valence-electron chi connectivity index (χ4n) is 3.04. The molecule has 1 N–H and O–H groups in total. The van der Waals surface area contributed by atoms with Gasteiger partial charge in [0.05, 0.1) is 17.4 Å².